The Labute approximate surface area is 98.9 Å². The minimum atomic E-state index is -0.301. The van der Waals surface area contributed by atoms with E-state index in [1.165, 1.54) is 0 Å². The van der Waals surface area contributed by atoms with E-state index in [1.54, 1.807) is 0 Å². The molecule has 17 heavy (non-hydrogen) atoms. The van der Waals surface area contributed by atoms with Gasteiger partial charge in [-0.1, -0.05) is 12.1 Å². The van der Waals surface area contributed by atoms with Crippen molar-refractivity contribution in [2.75, 3.05) is 11.9 Å². The highest BCUT2D eigenvalue weighted by Crippen LogP contribution is 2.32. The number of nitrogens with zero attached hydrogens (tertiary/aromatic N) is 3. The fraction of sp³-hybridized carbons (Fsp3) is 0.417. The van der Waals surface area contributed by atoms with Gasteiger partial charge in [-0.25, -0.2) is 4.98 Å². The number of aliphatic hydroxyl groups excluding tert-OH is 1. The van der Waals surface area contributed by atoms with Gasteiger partial charge in [0.25, 0.3) is 0 Å². The van der Waals surface area contributed by atoms with Gasteiger partial charge in [-0.05, 0) is 30.9 Å². The third-order valence-electron chi connectivity index (χ3n) is 3.00. The average Bonchev–Trinajstić information content (AvgIpc) is 3.20. The van der Waals surface area contributed by atoms with E-state index in [1.807, 2.05) is 24.3 Å². The fourth-order valence-electron chi connectivity index (χ4n) is 1.80. The van der Waals surface area contributed by atoms with Crippen molar-refractivity contribution >= 4 is 17.0 Å². The molecule has 5 heteroatoms. The number of anilines is 1. The number of aliphatic hydroxyl groups is 1. The highest BCUT2D eigenvalue weighted by Gasteiger charge is 2.29. The van der Waals surface area contributed by atoms with Gasteiger partial charge < -0.3 is 10.4 Å². The van der Waals surface area contributed by atoms with E-state index in [9.17, 15) is 5.11 Å². The lowest BCUT2D eigenvalue weighted by atomic mass is 10.2. The van der Waals surface area contributed by atoms with Crippen LogP contribution in [0.3, 0.4) is 0 Å². The van der Waals surface area contributed by atoms with Crippen molar-refractivity contribution in [1.82, 2.24) is 15.2 Å². The molecule has 0 aliphatic heterocycles. The molecule has 0 bridgehead atoms. The first-order valence-corrected chi connectivity index (χ1v) is 5.84. The van der Waals surface area contributed by atoms with Crippen LogP contribution in [0.5, 0.6) is 0 Å². The Morgan fingerprint density at radius 3 is 2.76 bits per heavy atom. The normalized spacial score (nSPS) is 17.0. The highest BCUT2D eigenvalue weighted by molar-refractivity contribution is 5.73. The summed E-state index contributed by atoms with van der Waals surface area (Å²) in [5.41, 5.74) is 1.59. The molecule has 1 aliphatic carbocycles. The molecule has 0 amide bonds. The van der Waals surface area contributed by atoms with E-state index in [4.69, 9.17) is 0 Å². The molecular formula is C12H14N4O. The summed E-state index contributed by atoms with van der Waals surface area (Å²) in [4.78, 5) is 4.33. The summed E-state index contributed by atoms with van der Waals surface area (Å²) in [7, 11) is 0. The lowest BCUT2D eigenvalue weighted by Crippen LogP contribution is -2.22. The Balaban J connectivity index is 1.71. The van der Waals surface area contributed by atoms with Gasteiger partial charge in [0, 0.05) is 6.54 Å². The summed E-state index contributed by atoms with van der Waals surface area (Å²) in [6, 6.07) is 7.59. The predicted octanol–water partition coefficient (Wildman–Crippen LogP) is 1.21. The highest BCUT2D eigenvalue weighted by atomic mass is 16.3. The minimum Gasteiger partial charge on any atom is -0.391 e. The van der Waals surface area contributed by atoms with Gasteiger partial charge in [0.15, 0.2) is 0 Å². The van der Waals surface area contributed by atoms with Crippen LogP contribution < -0.4 is 5.32 Å². The van der Waals surface area contributed by atoms with Gasteiger partial charge in [-0.2, -0.15) is 0 Å². The second-order valence-electron chi connectivity index (χ2n) is 4.41. The van der Waals surface area contributed by atoms with Crippen LogP contribution in [0, 0.1) is 5.92 Å². The average molecular weight is 230 g/mol. The molecule has 0 saturated heterocycles. The molecule has 2 N–H and O–H groups in total. The van der Waals surface area contributed by atoms with Crippen LogP contribution in [-0.2, 0) is 0 Å². The molecule has 1 aliphatic rings. The van der Waals surface area contributed by atoms with E-state index in [0.29, 0.717) is 18.4 Å². The number of hydrogen-bond acceptors (Lipinski definition) is 5. The fourth-order valence-corrected chi connectivity index (χ4v) is 1.80. The molecule has 0 spiro atoms. The standard InChI is InChI=1S/C12H14N4O/c17-11(8-5-6-8)7-13-12-14-9-3-1-2-4-10(9)15-16-12/h1-4,8,11,17H,5-7H2,(H,13,14,16). The minimum absolute atomic E-state index is 0.301. The third-order valence-corrected chi connectivity index (χ3v) is 3.00. The second-order valence-corrected chi connectivity index (χ2v) is 4.41. The topological polar surface area (TPSA) is 70.9 Å². The van der Waals surface area contributed by atoms with Gasteiger partial charge >= 0.3 is 0 Å². The maximum atomic E-state index is 9.73. The Bertz CT molecular complexity index is 527. The van der Waals surface area contributed by atoms with Crippen LogP contribution in [0.1, 0.15) is 12.8 Å². The maximum Gasteiger partial charge on any atom is 0.243 e. The van der Waals surface area contributed by atoms with Gasteiger partial charge in [-0.3, -0.25) is 0 Å². The van der Waals surface area contributed by atoms with E-state index in [-0.39, 0.29) is 6.10 Å². The van der Waals surface area contributed by atoms with Gasteiger partial charge in [-0.15, -0.1) is 10.2 Å². The van der Waals surface area contributed by atoms with Gasteiger partial charge in [0.05, 0.1) is 11.6 Å². The Morgan fingerprint density at radius 1 is 1.24 bits per heavy atom. The van der Waals surface area contributed by atoms with Crippen LogP contribution in [0.4, 0.5) is 5.95 Å². The Morgan fingerprint density at radius 2 is 2.00 bits per heavy atom. The lowest BCUT2D eigenvalue weighted by Gasteiger charge is -2.09. The smallest absolute Gasteiger partial charge is 0.243 e. The number of hydrogen-bond donors (Lipinski definition) is 2. The van der Waals surface area contributed by atoms with Crippen molar-refractivity contribution < 1.29 is 5.11 Å². The summed E-state index contributed by atoms with van der Waals surface area (Å²) >= 11 is 0. The summed E-state index contributed by atoms with van der Waals surface area (Å²) in [6.07, 6.45) is 1.95. The molecule has 1 atom stereocenters. The predicted molar refractivity (Wildman–Crippen MR) is 64.6 cm³/mol. The second kappa shape index (κ2) is 4.25. The molecule has 3 rings (SSSR count). The molecule has 1 saturated carbocycles. The van der Waals surface area contributed by atoms with Crippen LogP contribution in [0.2, 0.25) is 0 Å². The van der Waals surface area contributed by atoms with Crippen molar-refractivity contribution in [2.24, 2.45) is 5.92 Å². The number of para-hydroxylation sites is 1. The Hall–Kier alpha value is -1.75. The van der Waals surface area contributed by atoms with Crippen molar-refractivity contribution in [3.8, 4) is 0 Å². The molecule has 0 radical (unpaired) electrons. The first kappa shape index (κ1) is 10.4. The first-order valence-electron chi connectivity index (χ1n) is 5.84. The molecule has 1 aromatic heterocycles. The summed E-state index contributed by atoms with van der Waals surface area (Å²) in [6.45, 7) is 0.491. The van der Waals surface area contributed by atoms with Crippen LogP contribution in [-0.4, -0.2) is 32.9 Å². The van der Waals surface area contributed by atoms with Crippen LogP contribution in [0.25, 0.3) is 11.0 Å². The summed E-state index contributed by atoms with van der Waals surface area (Å²) in [5.74, 6) is 0.930. The van der Waals surface area contributed by atoms with Crippen LogP contribution >= 0.6 is 0 Å². The third kappa shape index (κ3) is 2.34. The molecule has 2 aromatic rings. The SMILES string of the molecule is OC(CNc1nnc2ccccc2n1)C1CC1. The van der Waals surface area contributed by atoms with Crippen LogP contribution in [0.15, 0.2) is 24.3 Å². The number of aromatic nitrogens is 3. The zero-order valence-electron chi connectivity index (χ0n) is 9.37. The number of fused-ring (bicyclic) bond motifs is 1. The number of benzene rings is 1. The van der Waals surface area contributed by atoms with E-state index in [0.717, 1.165) is 23.9 Å². The summed E-state index contributed by atoms with van der Waals surface area (Å²) in [5, 5.41) is 20.8. The van der Waals surface area contributed by atoms with E-state index < -0.39 is 0 Å². The molecule has 1 unspecified atom stereocenters. The lowest BCUT2D eigenvalue weighted by molar-refractivity contribution is 0.164. The quantitative estimate of drug-likeness (QED) is 0.826. The van der Waals surface area contributed by atoms with Crippen molar-refractivity contribution in [1.29, 1.82) is 0 Å². The monoisotopic (exact) mass is 230 g/mol. The van der Waals surface area contributed by atoms with Gasteiger partial charge in [0.2, 0.25) is 5.95 Å². The molecule has 1 aromatic carbocycles. The van der Waals surface area contributed by atoms with E-state index >= 15 is 0 Å². The molecular weight excluding hydrogens is 216 g/mol. The number of rotatable bonds is 4. The molecule has 5 nitrogen and oxygen atoms in total. The van der Waals surface area contributed by atoms with Gasteiger partial charge in [0.1, 0.15) is 5.52 Å². The largest absolute Gasteiger partial charge is 0.391 e. The molecule has 88 valence electrons. The maximum absolute atomic E-state index is 9.73. The molecule has 1 fully saturated rings. The van der Waals surface area contributed by atoms with Crippen molar-refractivity contribution in [2.45, 2.75) is 18.9 Å². The number of nitrogens with one attached hydrogen (secondary N) is 1. The van der Waals surface area contributed by atoms with Crippen molar-refractivity contribution in [3.63, 3.8) is 0 Å². The molecule has 1 heterocycles. The zero-order valence-corrected chi connectivity index (χ0v) is 9.37. The van der Waals surface area contributed by atoms with E-state index in [2.05, 4.69) is 20.5 Å². The Kier molecular flexibility index (Phi) is 2.60. The zero-order chi connectivity index (χ0) is 11.7. The first-order chi connectivity index (χ1) is 8.33. The van der Waals surface area contributed by atoms with Crippen molar-refractivity contribution in [3.05, 3.63) is 24.3 Å². The summed E-state index contributed by atoms with van der Waals surface area (Å²) < 4.78 is 0.